The average Bonchev–Trinajstić information content (AvgIpc) is 2.43. The summed E-state index contributed by atoms with van der Waals surface area (Å²) in [5, 5.41) is 4.53. The Bertz CT molecular complexity index is 590. The van der Waals surface area contributed by atoms with Gasteiger partial charge < -0.3 is 10.1 Å². The summed E-state index contributed by atoms with van der Waals surface area (Å²) < 4.78 is 5.78. The lowest BCUT2D eigenvalue weighted by atomic mass is 10.1. The summed E-state index contributed by atoms with van der Waals surface area (Å²) in [7, 11) is 1.89. The van der Waals surface area contributed by atoms with Crippen molar-refractivity contribution in [3.63, 3.8) is 0 Å². The van der Waals surface area contributed by atoms with Gasteiger partial charge in [-0.3, -0.25) is 0 Å². The Hall–Kier alpha value is -0.930. The predicted octanol–water partition coefficient (Wildman–Crippen LogP) is 5.29. The van der Waals surface area contributed by atoms with E-state index in [2.05, 4.69) is 36.5 Å². The van der Waals surface area contributed by atoms with E-state index in [4.69, 9.17) is 39.5 Å². The molecule has 0 radical (unpaired) electrons. The van der Waals surface area contributed by atoms with Crippen molar-refractivity contribution in [2.45, 2.75) is 13.0 Å². The van der Waals surface area contributed by atoms with Crippen LogP contribution in [0.4, 0.5) is 0 Å². The number of hydrogen-bond donors (Lipinski definition) is 1. The maximum atomic E-state index is 6.11. The van der Waals surface area contributed by atoms with Crippen molar-refractivity contribution in [1.82, 2.24) is 5.32 Å². The van der Waals surface area contributed by atoms with Crippen LogP contribution in [0.2, 0.25) is 15.1 Å². The molecule has 0 amide bonds. The Balaban J connectivity index is 2.12. The van der Waals surface area contributed by atoms with Crippen molar-refractivity contribution in [3.8, 4) is 5.75 Å². The number of nitrogens with one attached hydrogen (secondary N) is 1. The van der Waals surface area contributed by atoms with E-state index >= 15 is 0 Å². The molecule has 0 heterocycles. The average molecular weight is 345 g/mol. The molecule has 2 aromatic rings. The molecule has 21 heavy (non-hydrogen) atoms. The van der Waals surface area contributed by atoms with Gasteiger partial charge >= 0.3 is 0 Å². The van der Waals surface area contributed by atoms with Gasteiger partial charge in [-0.1, -0.05) is 64.6 Å². The SMILES string of the molecule is CNC(COc1c(Cl)cc(Cl)cc1Cl)c1ccc(C)cc1. The first-order valence-electron chi connectivity index (χ1n) is 6.52. The number of benzene rings is 2. The molecule has 2 nitrogen and oxygen atoms in total. The third-order valence-corrected chi connectivity index (χ3v) is 3.97. The minimum absolute atomic E-state index is 0.0495. The molecular formula is C16H16Cl3NO. The molecule has 5 heteroatoms. The van der Waals surface area contributed by atoms with Crippen molar-refractivity contribution < 1.29 is 4.74 Å². The van der Waals surface area contributed by atoms with Gasteiger partial charge in [0.05, 0.1) is 16.1 Å². The molecule has 1 N–H and O–H groups in total. The second kappa shape index (κ2) is 7.37. The van der Waals surface area contributed by atoms with Gasteiger partial charge in [-0.05, 0) is 31.7 Å². The summed E-state index contributed by atoms with van der Waals surface area (Å²) in [6.07, 6.45) is 0. The summed E-state index contributed by atoms with van der Waals surface area (Å²) in [6.45, 7) is 2.47. The third-order valence-electron chi connectivity index (χ3n) is 3.19. The highest BCUT2D eigenvalue weighted by atomic mass is 35.5. The van der Waals surface area contributed by atoms with Crippen LogP contribution in [0, 0.1) is 6.92 Å². The number of hydrogen-bond acceptors (Lipinski definition) is 2. The lowest BCUT2D eigenvalue weighted by Gasteiger charge is -2.19. The fraction of sp³-hybridized carbons (Fsp3) is 0.250. The molecule has 0 bridgehead atoms. The summed E-state index contributed by atoms with van der Waals surface area (Å²) in [5.41, 5.74) is 2.36. The minimum Gasteiger partial charge on any atom is -0.488 e. The smallest absolute Gasteiger partial charge is 0.156 e. The Morgan fingerprint density at radius 1 is 1.05 bits per heavy atom. The lowest BCUT2D eigenvalue weighted by Crippen LogP contribution is -2.23. The second-order valence-electron chi connectivity index (χ2n) is 4.76. The molecule has 2 rings (SSSR count). The fourth-order valence-corrected chi connectivity index (χ4v) is 2.90. The zero-order valence-corrected chi connectivity index (χ0v) is 14.1. The van der Waals surface area contributed by atoms with Gasteiger partial charge in [0.2, 0.25) is 0 Å². The van der Waals surface area contributed by atoms with E-state index in [1.54, 1.807) is 12.1 Å². The summed E-state index contributed by atoms with van der Waals surface area (Å²) in [4.78, 5) is 0. The zero-order valence-electron chi connectivity index (χ0n) is 11.8. The monoisotopic (exact) mass is 343 g/mol. The number of aryl methyl sites for hydroxylation is 1. The van der Waals surface area contributed by atoms with Crippen molar-refractivity contribution >= 4 is 34.8 Å². The van der Waals surface area contributed by atoms with E-state index in [1.165, 1.54) is 5.56 Å². The van der Waals surface area contributed by atoms with E-state index in [0.29, 0.717) is 27.4 Å². The Morgan fingerprint density at radius 2 is 1.62 bits per heavy atom. The second-order valence-corrected chi connectivity index (χ2v) is 6.01. The predicted molar refractivity (Wildman–Crippen MR) is 89.9 cm³/mol. The highest BCUT2D eigenvalue weighted by Gasteiger charge is 2.14. The van der Waals surface area contributed by atoms with Gasteiger partial charge in [-0.25, -0.2) is 0 Å². The van der Waals surface area contributed by atoms with Crippen molar-refractivity contribution in [3.05, 3.63) is 62.6 Å². The molecule has 0 aliphatic heterocycles. The summed E-state index contributed by atoms with van der Waals surface area (Å²) in [6, 6.07) is 11.6. The van der Waals surface area contributed by atoms with Gasteiger partial charge in [-0.15, -0.1) is 0 Å². The third kappa shape index (κ3) is 4.27. The van der Waals surface area contributed by atoms with Crippen LogP contribution < -0.4 is 10.1 Å². The number of likely N-dealkylation sites (N-methyl/N-ethyl adjacent to an activating group) is 1. The molecule has 2 aromatic carbocycles. The zero-order chi connectivity index (χ0) is 15.4. The lowest BCUT2D eigenvalue weighted by molar-refractivity contribution is 0.273. The van der Waals surface area contributed by atoms with Crippen LogP contribution in [-0.2, 0) is 0 Å². The molecular weight excluding hydrogens is 329 g/mol. The van der Waals surface area contributed by atoms with Crippen molar-refractivity contribution in [2.75, 3.05) is 13.7 Å². The minimum atomic E-state index is 0.0495. The molecule has 0 aromatic heterocycles. The molecule has 1 atom stereocenters. The van der Waals surface area contributed by atoms with Gasteiger partial charge in [-0.2, -0.15) is 0 Å². The van der Waals surface area contributed by atoms with E-state index < -0.39 is 0 Å². The summed E-state index contributed by atoms with van der Waals surface area (Å²) >= 11 is 18.1. The van der Waals surface area contributed by atoms with E-state index in [1.807, 2.05) is 7.05 Å². The van der Waals surface area contributed by atoms with Crippen LogP contribution in [0.5, 0.6) is 5.75 Å². The topological polar surface area (TPSA) is 21.3 Å². The molecule has 1 unspecified atom stereocenters. The van der Waals surface area contributed by atoms with Gasteiger partial charge in [0.1, 0.15) is 6.61 Å². The Labute approximate surface area is 140 Å². The highest BCUT2D eigenvalue weighted by Crippen LogP contribution is 2.36. The molecule has 0 spiro atoms. The maximum absolute atomic E-state index is 6.11. The molecule has 0 aliphatic rings. The summed E-state index contributed by atoms with van der Waals surface area (Å²) in [5.74, 6) is 0.454. The number of ether oxygens (including phenoxy) is 1. The highest BCUT2D eigenvalue weighted by molar-refractivity contribution is 6.40. The quantitative estimate of drug-likeness (QED) is 0.795. The number of rotatable bonds is 5. The molecule has 0 fully saturated rings. The van der Waals surface area contributed by atoms with Crippen LogP contribution >= 0.6 is 34.8 Å². The van der Waals surface area contributed by atoms with Crippen LogP contribution in [0.3, 0.4) is 0 Å². The van der Waals surface area contributed by atoms with Crippen LogP contribution in [0.25, 0.3) is 0 Å². The van der Waals surface area contributed by atoms with Crippen molar-refractivity contribution in [1.29, 1.82) is 0 Å². The van der Waals surface area contributed by atoms with E-state index in [-0.39, 0.29) is 6.04 Å². The molecule has 112 valence electrons. The van der Waals surface area contributed by atoms with E-state index in [9.17, 15) is 0 Å². The van der Waals surface area contributed by atoms with Gasteiger partial charge in [0.15, 0.2) is 5.75 Å². The maximum Gasteiger partial charge on any atom is 0.156 e. The first-order valence-corrected chi connectivity index (χ1v) is 7.66. The van der Waals surface area contributed by atoms with Crippen LogP contribution in [-0.4, -0.2) is 13.7 Å². The first-order chi connectivity index (χ1) is 10.0. The van der Waals surface area contributed by atoms with Crippen LogP contribution in [0.15, 0.2) is 36.4 Å². The largest absolute Gasteiger partial charge is 0.488 e. The Kier molecular flexibility index (Phi) is 5.77. The molecule has 0 saturated carbocycles. The van der Waals surface area contributed by atoms with E-state index in [0.717, 1.165) is 5.56 Å². The first kappa shape index (κ1) is 16.4. The standard InChI is InChI=1S/C16H16Cl3NO/c1-10-3-5-11(6-4-10)15(20-2)9-21-16-13(18)7-12(17)8-14(16)19/h3-8,15,20H,9H2,1-2H3. The van der Waals surface area contributed by atoms with Gasteiger partial charge in [0, 0.05) is 5.02 Å². The molecule has 0 aliphatic carbocycles. The Morgan fingerprint density at radius 3 is 2.14 bits per heavy atom. The molecule has 0 saturated heterocycles. The number of halogens is 3. The van der Waals surface area contributed by atoms with Crippen LogP contribution in [0.1, 0.15) is 17.2 Å². The van der Waals surface area contributed by atoms with Crippen molar-refractivity contribution in [2.24, 2.45) is 0 Å². The van der Waals surface area contributed by atoms with Gasteiger partial charge in [0.25, 0.3) is 0 Å². The fourth-order valence-electron chi connectivity index (χ4n) is 1.98. The normalized spacial score (nSPS) is 12.2.